The predicted octanol–water partition coefficient (Wildman–Crippen LogP) is 9.47. The number of rotatable bonds is 11. The average molecular weight is 829 g/mol. The molecule has 5 aromatic rings. The lowest BCUT2D eigenvalue weighted by Gasteiger charge is -2.69. The summed E-state index contributed by atoms with van der Waals surface area (Å²) < 4.78 is 15.7. The van der Waals surface area contributed by atoms with E-state index in [1.54, 1.807) is 6.20 Å². The van der Waals surface area contributed by atoms with E-state index >= 15 is 0 Å². The fourth-order valence-corrected chi connectivity index (χ4v) is 12.8. The standard InChI is InChI=1S/C45H52N10O4S/c1-28-32(19-49-55(28)27-44-22-42(5)21-43(6,23-44)25-45(24-42,26-44)58-18-16-48-53-46)30-12-13-35(50-36(30)39(57)59-41(2,3)4)54-17-14-29-9-7-10-31(33(29)20-54)38(56)52-40-51-37-34(60-40)11-8-15-47-37/h7-13,15,19H,14,16-18,20-27H2,1-6H3,(H,47,51,52,56). The number of fused-ring (bicyclic) bond motifs is 2. The minimum absolute atomic E-state index is 0.00714. The van der Waals surface area contributed by atoms with Crippen molar-refractivity contribution in [2.75, 3.05) is 29.9 Å². The number of carbonyl (C=O) groups excluding carboxylic acids is 2. The number of nitrogens with zero attached hydrogens (tertiary/aromatic N) is 9. The van der Waals surface area contributed by atoms with Gasteiger partial charge in [-0.15, -0.1) is 0 Å². The minimum Gasteiger partial charge on any atom is -0.455 e. The Morgan fingerprint density at radius 1 is 1.00 bits per heavy atom. The number of benzene rings is 1. The van der Waals surface area contributed by atoms with E-state index in [1.807, 2.05) is 63.4 Å². The maximum absolute atomic E-state index is 14.1. The Morgan fingerprint density at radius 2 is 1.80 bits per heavy atom. The molecular formula is C45H52N10O4S. The van der Waals surface area contributed by atoms with Gasteiger partial charge < -0.3 is 14.4 Å². The van der Waals surface area contributed by atoms with Crippen LogP contribution in [0.5, 0.6) is 0 Å². The summed E-state index contributed by atoms with van der Waals surface area (Å²) in [6.45, 7) is 15.1. The maximum atomic E-state index is 14.1. The molecule has 0 spiro atoms. The Kier molecular flexibility index (Phi) is 9.79. The molecule has 2 unspecified atom stereocenters. The molecule has 4 saturated carbocycles. The number of carbonyl (C=O) groups is 2. The number of amides is 1. The molecule has 10 rings (SSSR count). The smallest absolute Gasteiger partial charge is 0.358 e. The second-order valence-electron chi connectivity index (χ2n) is 19.4. The summed E-state index contributed by atoms with van der Waals surface area (Å²) in [5.74, 6) is -0.109. The number of anilines is 2. The van der Waals surface area contributed by atoms with Crippen LogP contribution in [-0.4, -0.2) is 67.5 Å². The summed E-state index contributed by atoms with van der Waals surface area (Å²) >= 11 is 1.39. The van der Waals surface area contributed by atoms with Crippen molar-refractivity contribution in [2.45, 2.75) is 111 Å². The summed E-state index contributed by atoms with van der Waals surface area (Å²) in [6, 6.07) is 13.5. The molecular weight excluding hydrogens is 777 g/mol. The normalized spacial score (nSPS) is 25.5. The Labute approximate surface area is 353 Å². The van der Waals surface area contributed by atoms with Gasteiger partial charge in [-0.3, -0.25) is 14.8 Å². The lowest BCUT2D eigenvalue weighted by molar-refractivity contribution is -0.247. The van der Waals surface area contributed by atoms with E-state index in [0.29, 0.717) is 60.4 Å². The number of pyridine rings is 2. The largest absolute Gasteiger partial charge is 0.455 e. The first-order chi connectivity index (χ1) is 28.6. The quantitative estimate of drug-likeness (QED) is 0.0447. The third-order valence-corrected chi connectivity index (χ3v) is 13.8. The van der Waals surface area contributed by atoms with Gasteiger partial charge in [-0.05, 0) is 136 Å². The molecule has 4 aromatic heterocycles. The molecule has 4 bridgehead atoms. The van der Waals surface area contributed by atoms with Crippen molar-refractivity contribution in [3.8, 4) is 11.1 Å². The van der Waals surface area contributed by atoms with E-state index in [1.165, 1.54) is 17.8 Å². The molecule has 15 heteroatoms. The zero-order valence-electron chi connectivity index (χ0n) is 35.2. The lowest BCUT2D eigenvalue weighted by atomic mass is 9.39. The molecule has 312 valence electrons. The summed E-state index contributed by atoms with van der Waals surface area (Å²) in [6.07, 6.45) is 10.6. The van der Waals surface area contributed by atoms with E-state index < -0.39 is 11.6 Å². The fourth-order valence-electron chi connectivity index (χ4n) is 12.0. The predicted molar refractivity (Wildman–Crippen MR) is 231 cm³/mol. The first-order valence-electron chi connectivity index (χ1n) is 20.9. The highest BCUT2D eigenvalue weighted by atomic mass is 32.1. The molecule has 4 aliphatic carbocycles. The van der Waals surface area contributed by atoms with Crippen molar-refractivity contribution < 1.29 is 19.1 Å². The van der Waals surface area contributed by atoms with Crippen LogP contribution in [0.4, 0.5) is 10.9 Å². The number of hydrogen-bond acceptors (Lipinski definition) is 11. The van der Waals surface area contributed by atoms with Gasteiger partial charge in [-0.25, -0.2) is 14.8 Å². The van der Waals surface area contributed by atoms with Gasteiger partial charge >= 0.3 is 5.97 Å². The molecule has 2 atom stereocenters. The van der Waals surface area contributed by atoms with Crippen LogP contribution in [-0.2, 0) is 29.0 Å². The van der Waals surface area contributed by atoms with Crippen molar-refractivity contribution in [1.29, 1.82) is 0 Å². The van der Waals surface area contributed by atoms with Gasteiger partial charge in [0, 0.05) is 59.7 Å². The number of aromatic nitrogens is 5. The molecule has 1 amide bonds. The summed E-state index contributed by atoms with van der Waals surface area (Å²) in [4.78, 5) is 46.7. The van der Waals surface area contributed by atoms with Gasteiger partial charge in [0.25, 0.3) is 5.91 Å². The molecule has 0 radical (unpaired) electrons. The molecule has 1 aliphatic heterocycles. The van der Waals surface area contributed by atoms with Crippen LogP contribution < -0.4 is 10.2 Å². The monoisotopic (exact) mass is 828 g/mol. The zero-order valence-corrected chi connectivity index (χ0v) is 36.1. The van der Waals surface area contributed by atoms with E-state index in [0.717, 1.165) is 65.7 Å². The summed E-state index contributed by atoms with van der Waals surface area (Å²) in [7, 11) is 0. The SMILES string of the molecule is Cc1c(-c2ccc(N3CCc4cccc(C(=O)Nc5nc6ncccc6s5)c4C3)nc2C(=O)OC(C)(C)C)cnn1CC12CC3(C)CC(C)(C1)CC(OCCN=[N+]=[N-])(C3)C2. The Bertz CT molecular complexity index is 2520. The fraction of sp³-hybridized carbons (Fsp3) is 0.511. The average Bonchev–Trinajstić information content (AvgIpc) is 3.75. The highest BCUT2D eigenvalue weighted by Gasteiger charge is 2.66. The van der Waals surface area contributed by atoms with Gasteiger partial charge in [0.1, 0.15) is 11.4 Å². The minimum atomic E-state index is -0.735. The number of azide groups is 1. The number of ether oxygens (including phenoxy) is 2. The first kappa shape index (κ1) is 40.1. The third kappa shape index (κ3) is 7.63. The Morgan fingerprint density at radius 3 is 2.55 bits per heavy atom. The van der Waals surface area contributed by atoms with Gasteiger partial charge in [0.15, 0.2) is 16.5 Å². The number of esters is 1. The number of nitrogens with one attached hydrogen (secondary N) is 1. The molecule has 5 heterocycles. The van der Waals surface area contributed by atoms with Crippen LogP contribution in [0.25, 0.3) is 31.9 Å². The Balaban J connectivity index is 1.00. The molecule has 4 fully saturated rings. The van der Waals surface area contributed by atoms with Gasteiger partial charge in [-0.1, -0.05) is 42.4 Å². The molecule has 14 nitrogen and oxygen atoms in total. The second kappa shape index (κ2) is 14.7. The Hall–Kier alpha value is -5.37. The summed E-state index contributed by atoms with van der Waals surface area (Å²) in [5, 5.41) is 12.2. The van der Waals surface area contributed by atoms with Gasteiger partial charge in [0.05, 0.1) is 23.1 Å². The molecule has 1 N–H and O–H groups in total. The van der Waals surface area contributed by atoms with Crippen LogP contribution in [0.1, 0.15) is 111 Å². The number of thiazole rings is 1. The van der Waals surface area contributed by atoms with Crippen molar-refractivity contribution in [3.63, 3.8) is 0 Å². The molecule has 5 aliphatic rings. The van der Waals surface area contributed by atoms with Crippen molar-refractivity contribution in [3.05, 3.63) is 93.4 Å². The number of hydrogen-bond donors (Lipinski definition) is 1. The van der Waals surface area contributed by atoms with Crippen LogP contribution in [0.2, 0.25) is 0 Å². The van der Waals surface area contributed by atoms with E-state index in [2.05, 4.69) is 61.7 Å². The molecule has 1 aromatic carbocycles. The highest BCUT2D eigenvalue weighted by Crippen LogP contribution is 2.72. The van der Waals surface area contributed by atoms with Gasteiger partial charge in [0.2, 0.25) is 0 Å². The maximum Gasteiger partial charge on any atom is 0.358 e. The molecule has 0 saturated heterocycles. The topological polar surface area (TPSA) is 173 Å². The van der Waals surface area contributed by atoms with Crippen LogP contribution >= 0.6 is 11.3 Å². The van der Waals surface area contributed by atoms with E-state index in [4.69, 9.17) is 25.1 Å². The first-order valence-corrected chi connectivity index (χ1v) is 21.7. The van der Waals surface area contributed by atoms with E-state index in [-0.39, 0.29) is 33.4 Å². The third-order valence-electron chi connectivity index (χ3n) is 12.9. The van der Waals surface area contributed by atoms with E-state index in [9.17, 15) is 9.59 Å². The second-order valence-corrected chi connectivity index (χ2v) is 20.5. The lowest BCUT2D eigenvalue weighted by Crippen LogP contribution is -2.64. The zero-order chi connectivity index (χ0) is 42.1. The summed E-state index contributed by atoms with van der Waals surface area (Å²) in [5.41, 5.74) is 14.1. The van der Waals surface area contributed by atoms with Crippen LogP contribution in [0.3, 0.4) is 0 Å². The van der Waals surface area contributed by atoms with Crippen molar-refractivity contribution >= 4 is 44.5 Å². The molecule has 60 heavy (non-hydrogen) atoms. The van der Waals surface area contributed by atoms with Crippen molar-refractivity contribution in [1.82, 2.24) is 24.7 Å². The van der Waals surface area contributed by atoms with Crippen LogP contribution in [0, 0.1) is 23.2 Å². The van der Waals surface area contributed by atoms with Crippen molar-refractivity contribution in [2.24, 2.45) is 21.4 Å². The van der Waals surface area contributed by atoms with Gasteiger partial charge in [-0.2, -0.15) is 10.1 Å². The van der Waals surface area contributed by atoms with Crippen LogP contribution in [0.15, 0.2) is 60.0 Å². The highest BCUT2D eigenvalue weighted by molar-refractivity contribution is 7.22.